The van der Waals surface area contributed by atoms with E-state index in [1.54, 1.807) is 0 Å². The summed E-state index contributed by atoms with van der Waals surface area (Å²) in [5.41, 5.74) is 1.13. The van der Waals surface area contributed by atoms with Crippen LogP contribution in [0.15, 0.2) is 6.20 Å². The second kappa shape index (κ2) is 11.4. The Morgan fingerprint density at radius 1 is 1.16 bits per heavy atom. The van der Waals surface area contributed by atoms with Crippen molar-refractivity contribution >= 4 is 5.91 Å². The summed E-state index contributed by atoms with van der Waals surface area (Å²) >= 11 is 0. The van der Waals surface area contributed by atoms with E-state index in [0.29, 0.717) is 25.7 Å². The highest BCUT2D eigenvalue weighted by Crippen LogP contribution is 2.31. The van der Waals surface area contributed by atoms with Crippen LogP contribution in [0.5, 0.6) is 0 Å². The lowest BCUT2D eigenvalue weighted by Crippen LogP contribution is -2.53. The molecule has 3 atom stereocenters. The van der Waals surface area contributed by atoms with E-state index in [1.807, 2.05) is 4.68 Å². The zero-order valence-electron chi connectivity index (χ0n) is 18.5. The van der Waals surface area contributed by atoms with E-state index in [0.717, 1.165) is 44.6 Å². The van der Waals surface area contributed by atoms with E-state index in [9.17, 15) is 9.90 Å². The lowest BCUT2D eigenvalue weighted by atomic mass is 9.87. The van der Waals surface area contributed by atoms with Crippen LogP contribution in [0.4, 0.5) is 0 Å². The van der Waals surface area contributed by atoms with Gasteiger partial charge in [-0.05, 0) is 32.1 Å². The molecule has 0 spiro atoms. The standard InChI is InChI=1S/C22H37N5O4/c28-16-21-19(23-22(29)15-26-10-12-30-13-11-26)7-6-18(31-21)8-9-27-14-20(24-25-27)17-4-2-1-3-5-17/h14,17-19,21,28H,1-13,15-16H2,(H,23,29)/t18-,19+,21+/m0/s1. The smallest absolute Gasteiger partial charge is 0.234 e. The highest BCUT2D eigenvalue weighted by molar-refractivity contribution is 5.78. The van der Waals surface area contributed by atoms with Gasteiger partial charge in [0.1, 0.15) is 6.10 Å². The number of hydrogen-bond acceptors (Lipinski definition) is 7. The molecule has 3 fully saturated rings. The molecule has 2 aliphatic heterocycles. The molecular weight excluding hydrogens is 398 g/mol. The zero-order valence-corrected chi connectivity index (χ0v) is 18.5. The molecule has 174 valence electrons. The Hall–Kier alpha value is -1.55. The molecule has 0 radical (unpaired) electrons. The Morgan fingerprint density at radius 2 is 1.97 bits per heavy atom. The molecule has 1 aromatic rings. The number of aromatic nitrogens is 3. The van der Waals surface area contributed by atoms with Gasteiger partial charge in [-0.3, -0.25) is 14.4 Å². The van der Waals surface area contributed by atoms with E-state index in [2.05, 4.69) is 26.7 Å². The molecule has 0 aromatic carbocycles. The van der Waals surface area contributed by atoms with Crippen LogP contribution in [-0.2, 0) is 20.8 Å². The average Bonchev–Trinajstić information content (AvgIpc) is 3.29. The first-order valence-corrected chi connectivity index (χ1v) is 12.0. The van der Waals surface area contributed by atoms with Crippen molar-refractivity contribution in [1.29, 1.82) is 0 Å². The van der Waals surface area contributed by atoms with Gasteiger partial charge in [0.05, 0.1) is 44.2 Å². The third-order valence-corrected chi connectivity index (χ3v) is 6.87. The van der Waals surface area contributed by atoms with Gasteiger partial charge in [-0.1, -0.05) is 24.5 Å². The van der Waals surface area contributed by atoms with Gasteiger partial charge in [0.25, 0.3) is 0 Å². The third-order valence-electron chi connectivity index (χ3n) is 6.87. The highest BCUT2D eigenvalue weighted by atomic mass is 16.5. The van der Waals surface area contributed by atoms with Crippen LogP contribution in [0.25, 0.3) is 0 Å². The molecule has 1 saturated carbocycles. The first-order valence-electron chi connectivity index (χ1n) is 12.0. The van der Waals surface area contributed by atoms with Gasteiger partial charge in [0.2, 0.25) is 5.91 Å². The number of hydrogen-bond donors (Lipinski definition) is 2. The van der Waals surface area contributed by atoms with Gasteiger partial charge in [0, 0.05) is 31.7 Å². The van der Waals surface area contributed by atoms with Crippen LogP contribution < -0.4 is 5.32 Å². The van der Waals surface area contributed by atoms with Gasteiger partial charge in [-0.25, -0.2) is 0 Å². The van der Waals surface area contributed by atoms with Gasteiger partial charge >= 0.3 is 0 Å². The van der Waals surface area contributed by atoms with Crippen LogP contribution in [0, 0.1) is 0 Å². The Kier molecular flexibility index (Phi) is 8.29. The summed E-state index contributed by atoms with van der Waals surface area (Å²) in [5, 5.41) is 21.6. The first-order chi connectivity index (χ1) is 15.2. The fourth-order valence-corrected chi connectivity index (χ4v) is 5.01. The number of nitrogens with zero attached hydrogens (tertiary/aromatic N) is 4. The van der Waals surface area contributed by atoms with Crippen molar-refractivity contribution in [1.82, 2.24) is 25.2 Å². The first kappa shape index (κ1) is 22.6. The van der Waals surface area contributed by atoms with Gasteiger partial charge in [-0.15, -0.1) is 5.10 Å². The number of nitrogens with one attached hydrogen (secondary N) is 1. The number of carbonyl (C=O) groups excluding carboxylic acids is 1. The van der Waals surface area contributed by atoms with E-state index < -0.39 is 0 Å². The number of aliphatic hydroxyl groups is 1. The Balaban J connectivity index is 1.20. The molecule has 0 unspecified atom stereocenters. The number of aryl methyl sites for hydroxylation is 1. The fraction of sp³-hybridized carbons (Fsp3) is 0.864. The molecule has 1 aromatic heterocycles. The predicted octanol–water partition coefficient (Wildman–Crippen LogP) is 1.07. The van der Waals surface area contributed by atoms with Crippen molar-refractivity contribution in [2.45, 2.75) is 82.1 Å². The van der Waals surface area contributed by atoms with Gasteiger partial charge in [-0.2, -0.15) is 0 Å². The minimum absolute atomic E-state index is 0.00902. The SMILES string of the molecule is O=C(CN1CCOCC1)N[C@@H]1CC[C@@H](CCn2cc(C3CCCCC3)nn2)O[C@@H]1CO. The minimum atomic E-state index is -0.360. The number of rotatable bonds is 8. The molecule has 1 aliphatic carbocycles. The van der Waals surface area contributed by atoms with Crippen molar-refractivity contribution in [2.24, 2.45) is 0 Å². The molecule has 4 rings (SSSR count). The molecule has 31 heavy (non-hydrogen) atoms. The maximum Gasteiger partial charge on any atom is 0.234 e. The number of morpholine rings is 1. The minimum Gasteiger partial charge on any atom is -0.394 e. The van der Waals surface area contributed by atoms with Crippen LogP contribution in [0.1, 0.15) is 63.0 Å². The number of carbonyl (C=O) groups is 1. The monoisotopic (exact) mass is 435 g/mol. The van der Waals surface area contributed by atoms with Crippen LogP contribution in [0.3, 0.4) is 0 Å². The molecule has 9 nitrogen and oxygen atoms in total. The summed E-state index contributed by atoms with van der Waals surface area (Å²) in [4.78, 5) is 14.5. The van der Waals surface area contributed by atoms with Gasteiger partial charge in [0.15, 0.2) is 0 Å². The summed E-state index contributed by atoms with van der Waals surface area (Å²) in [5.74, 6) is 0.555. The zero-order chi connectivity index (χ0) is 21.5. The van der Waals surface area contributed by atoms with E-state index in [1.165, 1.54) is 32.1 Å². The maximum atomic E-state index is 12.4. The topological polar surface area (TPSA) is 102 Å². The largest absolute Gasteiger partial charge is 0.394 e. The van der Waals surface area contributed by atoms with E-state index in [-0.39, 0.29) is 30.8 Å². The summed E-state index contributed by atoms with van der Waals surface area (Å²) in [6, 6.07) is -0.140. The van der Waals surface area contributed by atoms with Crippen molar-refractivity contribution in [2.75, 3.05) is 39.5 Å². The predicted molar refractivity (Wildman–Crippen MR) is 115 cm³/mol. The molecule has 3 aliphatic rings. The third kappa shape index (κ3) is 6.47. The number of amides is 1. The summed E-state index contributed by atoms with van der Waals surface area (Å²) in [6.45, 7) is 3.96. The molecule has 3 heterocycles. The fourth-order valence-electron chi connectivity index (χ4n) is 5.01. The summed E-state index contributed by atoms with van der Waals surface area (Å²) < 4.78 is 13.4. The Morgan fingerprint density at radius 3 is 2.74 bits per heavy atom. The van der Waals surface area contributed by atoms with Crippen molar-refractivity contribution in [3.05, 3.63) is 11.9 Å². The highest BCUT2D eigenvalue weighted by Gasteiger charge is 2.32. The number of aliphatic hydroxyl groups excluding tert-OH is 1. The average molecular weight is 436 g/mol. The van der Waals surface area contributed by atoms with E-state index in [4.69, 9.17) is 9.47 Å². The van der Waals surface area contributed by atoms with Crippen molar-refractivity contribution < 1.29 is 19.4 Å². The number of ether oxygens (including phenoxy) is 2. The molecule has 1 amide bonds. The normalized spacial score (nSPS) is 28.5. The molecule has 2 N–H and O–H groups in total. The molecule has 0 bridgehead atoms. The quantitative estimate of drug-likeness (QED) is 0.630. The lowest BCUT2D eigenvalue weighted by Gasteiger charge is -2.36. The second-order valence-electron chi connectivity index (χ2n) is 9.15. The van der Waals surface area contributed by atoms with Crippen LogP contribution >= 0.6 is 0 Å². The molecule has 9 heteroatoms. The van der Waals surface area contributed by atoms with E-state index >= 15 is 0 Å². The van der Waals surface area contributed by atoms with Crippen LogP contribution in [-0.4, -0.2) is 88.6 Å². The van der Waals surface area contributed by atoms with Crippen molar-refractivity contribution in [3.8, 4) is 0 Å². The maximum absolute atomic E-state index is 12.4. The second-order valence-corrected chi connectivity index (χ2v) is 9.15. The van der Waals surface area contributed by atoms with Crippen LogP contribution in [0.2, 0.25) is 0 Å². The molecular formula is C22H37N5O4. The van der Waals surface area contributed by atoms with Crippen molar-refractivity contribution in [3.63, 3.8) is 0 Å². The lowest BCUT2D eigenvalue weighted by molar-refractivity contribution is -0.130. The Bertz CT molecular complexity index is 687. The molecule has 2 saturated heterocycles. The summed E-state index contributed by atoms with van der Waals surface area (Å²) in [7, 11) is 0. The summed E-state index contributed by atoms with van der Waals surface area (Å²) in [6.07, 6.45) is 10.7. The van der Waals surface area contributed by atoms with Gasteiger partial charge < -0.3 is 19.9 Å². The Labute approximate surface area is 184 Å².